The zero-order valence-corrected chi connectivity index (χ0v) is 16.4. The summed E-state index contributed by atoms with van der Waals surface area (Å²) in [5.74, 6) is 0.0106. The highest BCUT2D eigenvalue weighted by molar-refractivity contribution is 5.90. The summed E-state index contributed by atoms with van der Waals surface area (Å²) in [5, 5.41) is 5.79. The molecule has 1 aliphatic heterocycles. The molecular formula is C22H27N3O3. The Bertz CT molecular complexity index is 837. The zero-order chi connectivity index (χ0) is 19.9. The van der Waals surface area contributed by atoms with Crippen LogP contribution in [0.2, 0.25) is 0 Å². The van der Waals surface area contributed by atoms with Crippen molar-refractivity contribution in [2.45, 2.75) is 39.5 Å². The van der Waals surface area contributed by atoms with E-state index in [1.807, 2.05) is 43.3 Å². The molecule has 2 aromatic rings. The molecule has 3 amide bonds. The number of carbonyl (C=O) groups is 2. The molecule has 0 spiro atoms. The molecule has 28 heavy (non-hydrogen) atoms. The number of amides is 3. The summed E-state index contributed by atoms with van der Waals surface area (Å²) in [6, 6.07) is 15.5. The average Bonchev–Trinajstić information content (AvgIpc) is 2.71. The minimum atomic E-state index is -0.277. The molecule has 6 nitrogen and oxygen atoms in total. The quantitative estimate of drug-likeness (QED) is 0.806. The van der Waals surface area contributed by atoms with Crippen LogP contribution < -0.4 is 10.6 Å². The molecule has 6 heteroatoms. The number of urea groups is 1. The number of ether oxygens (including phenoxy) is 1. The Morgan fingerprint density at radius 1 is 1.11 bits per heavy atom. The third kappa shape index (κ3) is 5.10. The summed E-state index contributed by atoms with van der Waals surface area (Å²) < 4.78 is 5.84. The highest BCUT2D eigenvalue weighted by atomic mass is 16.5. The van der Waals surface area contributed by atoms with Gasteiger partial charge in [-0.05, 0) is 29.7 Å². The molecule has 3 rings (SSSR count). The van der Waals surface area contributed by atoms with Gasteiger partial charge in [0.2, 0.25) is 5.91 Å². The third-order valence-corrected chi connectivity index (χ3v) is 4.98. The minimum absolute atomic E-state index is 0.0106. The van der Waals surface area contributed by atoms with Crippen LogP contribution in [-0.4, -0.2) is 36.0 Å². The van der Waals surface area contributed by atoms with E-state index in [4.69, 9.17) is 4.74 Å². The fraction of sp³-hybridized carbons (Fsp3) is 0.364. The average molecular weight is 381 g/mol. The van der Waals surface area contributed by atoms with Gasteiger partial charge in [-0.2, -0.15) is 0 Å². The zero-order valence-electron chi connectivity index (χ0n) is 16.4. The molecule has 0 saturated heterocycles. The van der Waals surface area contributed by atoms with Crippen molar-refractivity contribution < 1.29 is 14.3 Å². The fourth-order valence-corrected chi connectivity index (χ4v) is 3.34. The molecule has 0 radical (unpaired) electrons. The summed E-state index contributed by atoms with van der Waals surface area (Å²) >= 11 is 0. The van der Waals surface area contributed by atoms with E-state index in [1.165, 1.54) is 11.1 Å². The predicted octanol–water partition coefficient (Wildman–Crippen LogP) is 3.32. The van der Waals surface area contributed by atoms with Crippen LogP contribution in [0.15, 0.2) is 48.5 Å². The summed E-state index contributed by atoms with van der Waals surface area (Å²) in [5.41, 5.74) is 4.09. The Morgan fingerprint density at radius 3 is 2.57 bits per heavy atom. The van der Waals surface area contributed by atoms with Gasteiger partial charge in [0.15, 0.2) is 0 Å². The van der Waals surface area contributed by atoms with E-state index < -0.39 is 0 Å². The Hall–Kier alpha value is -2.86. The van der Waals surface area contributed by atoms with Gasteiger partial charge in [0.05, 0.1) is 12.7 Å². The number of anilines is 1. The Morgan fingerprint density at radius 2 is 1.82 bits per heavy atom. The monoisotopic (exact) mass is 381 g/mol. The van der Waals surface area contributed by atoms with Crippen LogP contribution in [0.1, 0.15) is 30.5 Å². The number of para-hydroxylation sites is 1. The van der Waals surface area contributed by atoms with Crippen LogP contribution in [0.3, 0.4) is 0 Å². The Balaban J connectivity index is 1.55. The summed E-state index contributed by atoms with van der Waals surface area (Å²) in [7, 11) is 0. The number of hydrogen-bond acceptors (Lipinski definition) is 3. The van der Waals surface area contributed by atoms with E-state index in [9.17, 15) is 9.59 Å². The van der Waals surface area contributed by atoms with Crippen LogP contribution in [0.5, 0.6) is 0 Å². The number of rotatable bonds is 6. The summed E-state index contributed by atoms with van der Waals surface area (Å²) in [6.07, 6.45) is 0.751. The molecule has 1 heterocycles. The second-order valence-corrected chi connectivity index (χ2v) is 6.93. The molecule has 0 unspecified atom stereocenters. The normalized spacial score (nSPS) is 15.4. The first-order valence-electron chi connectivity index (χ1n) is 9.63. The Labute approximate surface area is 165 Å². The maximum atomic E-state index is 12.4. The van der Waals surface area contributed by atoms with E-state index in [2.05, 4.69) is 22.8 Å². The molecular weight excluding hydrogens is 354 g/mol. The fourth-order valence-electron chi connectivity index (χ4n) is 3.34. The van der Waals surface area contributed by atoms with Crippen LogP contribution >= 0.6 is 0 Å². The topological polar surface area (TPSA) is 70.7 Å². The highest BCUT2D eigenvalue weighted by Crippen LogP contribution is 2.20. The second kappa shape index (κ2) is 9.37. The molecule has 0 aliphatic carbocycles. The second-order valence-electron chi connectivity index (χ2n) is 6.93. The molecule has 0 saturated carbocycles. The van der Waals surface area contributed by atoms with E-state index in [0.717, 1.165) is 12.0 Å². The standard InChI is InChI=1S/C22H27N3O3/c1-3-25(16(2)26)14-18-9-6-7-11-21(18)24-22(27)23-13-20-12-17-8-4-5-10-19(17)15-28-20/h4-11,20H,3,12-15H2,1-2H3,(H2,23,24,27)/t20-/m0/s1. The maximum Gasteiger partial charge on any atom is 0.319 e. The van der Waals surface area contributed by atoms with Gasteiger partial charge in [0.25, 0.3) is 0 Å². The number of fused-ring (bicyclic) bond motifs is 1. The Kier molecular flexibility index (Phi) is 6.66. The first kappa shape index (κ1) is 19.9. The van der Waals surface area contributed by atoms with Crippen LogP contribution in [-0.2, 0) is 29.1 Å². The van der Waals surface area contributed by atoms with E-state index in [0.29, 0.717) is 31.9 Å². The van der Waals surface area contributed by atoms with Crippen molar-refractivity contribution in [1.82, 2.24) is 10.2 Å². The number of nitrogens with zero attached hydrogens (tertiary/aromatic N) is 1. The van der Waals surface area contributed by atoms with Gasteiger partial charge < -0.3 is 20.3 Å². The molecule has 1 atom stereocenters. The molecule has 0 fully saturated rings. The lowest BCUT2D eigenvalue weighted by Crippen LogP contribution is -2.39. The molecule has 0 aromatic heterocycles. The number of hydrogen-bond donors (Lipinski definition) is 2. The number of benzene rings is 2. The highest BCUT2D eigenvalue weighted by Gasteiger charge is 2.19. The number of carbonyl (C=O) groups excluding carboxylic acids is 2. The minimum Gasteiger partial charge on any atom is -0.371 e. The molecule has 148 valence electrons. The van der Waals surface area contributed by atoms with Gasteiger partial charge in [-0.15, -0.1) is 0 Å². The summed E-state index contributed by atoms with van der Waals surface area (Å²) in [4.78, 5) is 25.8. The van der Waals surface area contributed by atoms with E-state index >= 15 is 0 Å². The smallest absolute Gasteiger partial charge is 0.319 e. The van der Waals surface area contributed by atoms with Gasteiger partial charge in [0.1, 0.15) is 0 Å². The lowest BCUT2D eigenvalue weighted by atomic mass is 9.99. The molecule has 0 bridgehead atoms. The van der Waals surface area contributed by atoms with Crippen molar-refractivity contribution in [2.75, 3.05) is 18.4 Å². The predicted molar refractivity (Wildman–Crippen MR) is 109 cm³/mol. The van der Waals surface area contributed by atoms with Crippen LogP contribution in [0, 0.1) is 0 Å². The van der Waals surface area contributed by atoms with Crippen molar-refractivity contribution >= 4 is 17.6 Å². The van der Waals surface area contributed by atoms with Gasteiger partial charge in [-0.1, -0.05) is 42.5 Å². The first-order chi connectivity index (χ1) is 13.6. The summed E-state index contributed by atoms with van der Waals surface area (Å²) in [6.45, 7) is 5.59. The third-order valence-electron chi connectivity index (χ3n) is 4.98. The molecule has 2 N–H and O–H groups in total. The molecule has 1 aliphatic rings. The maximum absolute atomic E-state index is 12.4. The van der Waals surface area contributed by atoms with Crippen molar-refractivity contribution in [3.63, 3.8) is 0 Å². The van der Waals surface area contributed by atoms with Crippen molar-refractivity contribution in [3.05, 3.63) is 65.2 Å². The van der Waals surface area contributed by atoms with Gasteiger partial charge in [-0.25, -0.2) is 4.79 Å². The van der Waals surface area contributed by atoms with Crippen LogP contribution in [0.4, 0.5) is 10.5 Å². The van der Waals surface area contributed by atoms with Gasteiger partial charge in [0, 0.05) is 38.7 Å². The van der Waals surface area contributed by atoms with Gasteiger partial charge >= 0.3 is 6.03 Å². The van der Waals surface area contributed by atoms with Crippen LogP contribution in [0.25, 0.3) is 0 Å². The SMILES string of the molecule is CCN(Cc1ccccc1NC(=O)NC[C@@H]1Cc2ccccc2CO1)C(C)=O. The lowest BCUT2D eigenvalue weighted by molar-refractivity contribution is -0.129. The van der Waals surface area contributed by atoms with Gasteiger partial charge in [-0.3, -0.25) is 4.79 Å². The number of nitrogens with one attached hydrogen (secondary N) is 2. The van der Waals surface area contributed by atoms with E-state index in [-0.39, 0.29) is 18.0 Å². The van der Waals surface area contributed by atoms with Crippen molar-refractivity contribution in [3.8, 4) is 0 Å². The van der Waals surface area contributed by atoms with E-state index in [1.54, 1.807) is 11.8 Å². The first-order valence-corrected chi connectivity index (χ1v) is 9.63. The van der Waals surface area contributed by atoms with Crippen molar-refractivity contribution in [2.24, 2.45) is 0 Å². The molecule has 2 aromatic carbocycles. The largest absolute Gasteiger partial charge is 0.371 e. The lowest BCUT2D eigenvalue weighted by Gasteiger charge is -2.25. The van der Waals surface area contributed by atoms with Crippen molar-refractivity contribution in [1.29, 1.82) is 0 Å².